The summed E-state index contributed by atoms with van der Waals surface area (Å²) < 4.78 is 7.87. The van der Waals surface area contributed by atoms with Crippen molar-refractivity contribution in [1.82, 2.24) is 0 Å². The van der Waals surface area contributed by atoms with Crippen molar-refractivity contribution in [3.05, 3.63) is 30.3 Å². The number of carbonyl (C=O) groups excluding carboxylic acids is 1. The smallest absolute Gasteiger partial charge is 0.305 e. The zero-order valence-electron chi connectivity index (χ0n) is 12.1. The Morgan fingerprint density at radius 2 is 1.89 bits per heavy atom. The van der Waals surface area contributed by atoms with Crippen LogP contribution in [0.4, 0.5) is 5.69 Å². The molecule has 1 heterocycles. The summed E-state index contributed by atoms with van der Waals surface area (Å²) in [5.41, 5.74) is 1.25. The summed E-state index contributed by atoms with van der Waals surface area (Å²) in [6, 6.07) is 10.8. The molecule has 1 fully saturated rings. The number of hydrogen-bond donors (Lipinski definition) is 0. The number of ether oxygens (including phenoxy) is 1. The standard InChI is InChI=1S/C15H23NO2Si/c1-19(2,3)16(13-8-5-4-6-9-13)14-10-7-11-15(17)18-12-14/h4-6,8-9,14H,7,10-12H2,1-3H3. The van der Waals surface area contributed by atoms with Gasteiger partial charge in [0.25, 0.3) is 0 Å². The number of anilines is 1. The lowest BCUT2D eigenvalue weighted by atomic mass is 10.1. The lowest BCUT2D eigenvalue weighted by Gasteiger charge is -2.42. The summed E-state index contributed by atoms with van der Waals surface area (Å²) >= 11 is 0. The van der Waals surface area contributed by atoms with Crippen molar-refractivity contribution in [1.29, 1.82) is 0 Å². The topological polar surface area (TPSA) is 29.5 Å². The van der Waals surface area contributed by atoms with Crippen molar-refractivity contribution < 1.29 is 9.53 Å². The third-order valence-corrected chi connectivity index (χ3v) is 5.55. The minimum atomic E-state index is -1.52. The number of carbonyl (C=O) groups is 1. The van der Waals surface area contributed by atoms with Crippen LogP contribution in [-0.4, -0.2) is 26.9 Å². The molecule has 104 valence electrons. The van der Waals surface area contributed by atoms with Crippen molar-refractivity contribution in [2.45, 2.75) is 44.9 Å². The van der Waals surface area contributed by atoms with Gasteiger partial charge >= 0.3 is 5.97 Å². The van der Waals surface area contributed by atoms with E-state index < -0.39 is 8.24 Å². The summed E-state index contributed by atoms with van der Waals surface area (Å²) in [6.45, 7) is 7.55. The second-order valence-corrected chi connectivity index (χ2v) is 10.9. The SMILES string of the molecule is C[Si](C)(C)N(c1ccccc1)C1CCCC(=O)OC1. The summed E-state index contributed by atoms with van der Waals surface area (Å²) in [4.78, 5) is 11.4. The van der Waals surface area contributed by atoms with Crippen molar-refractivity contribution in [3.8, 4) is 0 Å². The lowest BCUT2D eigenvalue weighted by molar-refractivity contribution is -0.142. The zero-order chi connectivity index (χ0) is 13.9. The molecule has 1 saturated heterocycles. The van der Waals surface area contributed by atoms with Crippen LogP contribution in [0.15, 0.2) is 30.3 Å². The fourth-order valence-electron chi connectivity index (χ4n) is 2.76. The Labute approximate surface area is 116 Å². The molecule has 0 aromatic heterocycles. The van der Waals surface area contributed by atoms with E-state index in [0.717, 1.165) is 12.8 Å². The van der Waals surface area contributed by atoms with Crippen LogP contribution in [0.25, 0.3) is 0 Å². The van der Waals surface area contributed by atoms with Crippen LogP contribution < -0.4 is 4.57 Å². The predicted octanol–water partition coefficient (Wildman–Crippen LogP) is 3.42. The average molecular weight is 277 g/mol. The number of esters is 1. The molecule has 0 bridgehead atoms. The van der Waals surface area contributed by atoms with Gasteiger partial charge in [-0.3, -0.25) is 4.79 Å². The molecule has 1 atom stereocenters. The van der Waals surface area contributed by atoms with Crippen LogP contribution in [0.5, 0.6) is 0 Å². The highest BCUT2D eigenvalue weighted by Crippen LogP contribution is 2.27. The van der Waals surface area contributed by atoms with Gasteiger partial charge in [-0.1, -0.05) is 37.8 Å². The number of para-hydroxylation sites is 1. The highest BCUT2D eigenvalue weighted by Gasteiger charge is 2.32. The molecule has 1 unspecified atom stereocenters. The number of cyclic esters (lactones) is 1. The Morgan fingerprint density at radius 1 is 1.21 bits per heavy atom. The maximum Gasteiger partial charge on any atom is 0.305 e. The van der Waals surface area contributed by atoms with E-state index >= 15 is 0 Å². The van der Waals surface area contributed by atoms with E-state index in [1.54, 1.807) is 0 Å². The molecule has 0 amide bonds. The number of hydrogen-bond acceptors (Lipinski definition) is 3. The van der Waals surface area contributed by atoms with Gasteiger partial charge in [-0.05, 0) is 25.0 Å². The Kier molecular flexibility index (Phi) is 4.30. The van der Waals surface area contributed by atoms with E-state index in [2.05, 4.69) is 48.5 Å². The zero-order valence-corrected chi connectivity index (χ0v) is 13.1. The van der Waals surface area contributed by atoms with Crippen LogP contribution in [0.3, 0.4) is 0 Å². The fraction of sp³-hybridized carbons (Fsp3) is 0.533. The molecular formula is C15H23NO2Si. The van der Waals surface area contributed by atoms with E-state index in [-0.39, 0.29) is 5.97 Å². The molecule has 1 aromatic carbocycles. The first kappa shape index (κ1) is 14.1. The third-order valence-electron chi connectivity index (χ3n) is 3.48. The molecule has 1 aliphatic rings. The largest absolute Gasteiger partial charge is 0.464 e. The first-order valence-electron chi connectivity index (χ1n) is 6.98. The summed E-state index contributed by atoms with van der Waals surface area (Å²) in [6.07, 6.45) is 2.52. The molecular weight excluding hydrogens is 254 g/mol. The van der Waals surface area contributed by atoms with E-state index in [4.69, 9.17) is 4.74 Å². The molecule has 3 nitrogen and oxygen atoms in total. The molecule has 1 aromatic rings. The van der Waals surface area contributed by atoms with Crippen LogP contribution in [-0.2, 0) is 9.53 Å². The van der Waals surface area contributed by atoms with Gasteiger partial charge in [0.05, 0.1) is 6.04 Å². The molecule has 0 radical (unpaired) electrons. The molecule has 2 rings (SSSR count). The number of benzene rings is 1. The molecule has 4 heteroatoms. The van der Waals surface area contributed by atoms with Crippen LogP contribution in [0.1, 0.15) is 19.3 Å². The van der Waals surface area contributed by atoms with Gasteiger partial charge in [-0.25, -0.2) is 0 Å². The van der Waals surface area contributed by atoms with Crippen LogP contribution >= 0.6 is 0 Å². The van der Waals surface area contributed by atoms with Crippen LogP contribution in [0, 0.1) is 0 Å². The van der Waals surface area contributed by atoms with Gasteiger partial charge < -0.3 is 9.30 Å². The van der Waals surface area contributed by atoms with E-state index in [9.17, 15) is 4.79 Å². The summed E-state index contributed by atoms with van der Waals surface area (Å²) in [7, 11) is -1.52. The first-order valence-corrected chi connectivity index (χ1v) is 10.4. The summed E-state index contributed by atoms with van der Waals surface area (Å²) in [5, 5.41) is 0. The maximum absolute atomic E-state index is 11.4. The van der Waals surface area contributed by atoms with Crippen molar-refractivity contribution >= 4 is 19.9 Å². The summed E-state index contributed by atoms with van der Waals surface area (Å²) in [5.74, 6) is -0.0499. The Morgan fingerprint density at radius 3 is 2.53 bits per heavy atom. The Bertz CT molecular complexity index is 428. The minimum Gasteiger partial charge on any atom is -0.464 e. The Balaban J connectivity index is 2.26. The van der Waals surface area contributed by atoms with Gasteiger partial charge in [0.15, 0.2) is 0 Å². The molecule has 0 spiro atoms. The second kappa shape index (κ2) is 5.78. The fourth-order valence-corrected chi connectivity index (χ4v) is 4.99. The molecule has 0 saturated carbocycles. The monoisotopic (exact) mass is 277 g/mol. The minimum absolute atomic E-state index is 0.0499. The second-order valence-electron chi connectivity index (χ2n) is 6.11. The van der Waals surface area contributed by atoms with Gasteiger partial charge in [-0.15, -0.1) is 0 Å². The first-order chi connectivity index (χ1) is 8.98. The molecule has 0 aliphatic carbocycles. The van der Waals surface area contributed by atoms with E-state index in [0.29, 0.717) is 19.1 Å². The average Bonchev–Trinajstić information content (AvgIpc) is 2.55. The van der Waals surface area contributed by atoms with Crippen molar-refractivity contribution in [3.63, 3.8) is 0 Å². The predicted molar refractivity (Wildman–Crippen MR) is 80.9 cm³/mol. The van der Waals surface area contributed by atoms with E-state index in [1.807, 2.05) is 6.07 Å². The molecule has 19 heavy (non-hydrogen) atoms. The third kappa shape index (κ3) is 3.59. The number of rotatable bonds is 3. The van der Waals surface area contributed by atoms with Gasteiger partial charge in [-0.2, -0.15) is 0 Å². The van der Waals surface area contributed by atoms with Crippen molar-refractivity contribution in [2.24, 2.45) is 0 Å². The number of nitrogens with zero attached hydrogens (tertiary/aromatic N) is 1. The lowest BCUT2D eigenvalue weighted by Crippen LogP contribution is -2.53. The quantitative estimate of drug-likeness (QED) is 0.626. The van der Waals surface area contributed by atoms with Gasteiger partial charge in [0, 0.05) is 12.1 Å². The van der Waals surface area contributed by atoms with E-state index in [1.165, 1.54) is 5.69 Å². The molecule has 0 N–H and O–H groups in total. The highest BCUT2D eigenvalue weighted by atomic mass is 28.3. The van der Waals surface area contributed by atoms with Crippen LogP contribution in [0.2, 0.25) is 19.6 Å². The maximum atomic E-state index is 11.4. The van der Waals surface area contributed by atoms with Crippen molar-refractivity contribution in [2.75, 3.05) is 11.2 Å². The normalized spacial score (nSPS) is 20.6. The van der Waals surface area contributed by atoms with Gasteiger partial charge in [0.1, 0.15) is 14.8 Å². The van der Waals surface area contributed by atoms with Gasteiger partial charge in [0.2, 0.25) is 0 Å². The Hall–Kier alpha value is -1.29. The highest BCUT2D eigenvalue weighted by molar-refractivity contribution is 6.79. The molecule has 1 aliphatic heterocycles.